The summed E-state index contributed by atoms with van der Waals surface area (Å²) in [6.07, 6.45) is 4.11. The average molecular weight is 220 g/mol. The Hall–Kier alpha value is -1.16. The summed E-state index contributed by atoms with van der Waals surface area (Å²) in [7, 11) is 0. The van der Waals surface area contributed by atoms with Gasteiger partial charge in [0.05, 0.1) is 6.20 Å². The Labute approximate surface area is 96.9 Å². The lowest BCUT2D eigenvalue weighted by Gasteiger charge is -2.37. The molecule has 0 radical (unpaired) electrons. The summed E-state index contributed by atoms with van der Waals surface area (Å²) >= 11 is 0. The van der Waals surface area contributed by atoms with Crippen LogP contribution in [0.3, 0.4) is 0 Å². The van der Waals surface area contributed by atoms with E-state index >= 15 is 0 Å². The van der Waals surface area contributed by atoms with Gasteiger partial charge in [0.25, 0.3) is 0 Å². The second-order valence-electron chi connectivity index (χ2n) is 5.24. The zero-order valence-electron chi connectivity index (χ0n) is 10.1. The molecule has 1 aromatic heterocycles. The molecular weight excluding hydrogens is 200 g/mol. The summed E-state index contributed by atoms with van der Waals surface area (Å²) in [5.74, 6) is 0.973. The first-order valence-electron chi connectivity index (χ1n) is 5.88. The third kappa shape index (κ3) is 2.32. The Balaban J connectivity index is 2.14. The van der Waals surface area contributed by atoms with Crippen molar-refractivity contribution in [2.45, 2.75) is 33.2 Å². The highest BCUT2D eigenvalue weighted by Gasteiger charge is 2.26. The first kappa shape index (κ1) is 11.3. The first-order chi connectivity index (χ1) is 7.62. The topological polar surface area (TPSA) is 55.0 Å². The Bertz CT molecular complexity index is 352. The molecule has 2 heterocycles. The number of hydrogen-bond donors (Lipinski definition) is 1. The predicted molar refractivity (Wildman–Crippen MR) is 65.2 cm³/mol. The molecule has 0 aliphatic carbocycles. The lowest BCUT2D eigenvalue weighted by molar-refractivity contribution is 0.278. The third-order valence-corrected chi connectivity index (χ3v) is 3.42. The van der Waals surface area contributed by atoms with E-state index < -0.39 is 0 Å². The van der Waals surface area contributed by atoms with Crippen LogP contribution in [0.1, 0.15) is 32.3 Å². The summed E-state index contributed by atoms with van der Waals surface area (Å²) in [4.78, 5) is 2.31. The van der Waals surface area contributed by atoms with Crippen LogP contribution in [-0.4, -0.2) is 23.3 Å². The van der Waals surface area contributed by atoms with Crippen molar-refractivity contribution in [3.8, 4) is 0 Å². The minimum absolute atomic E-state index is 0.460. The molecule has 88 valence electrons. The molecule has 4 nitrogen and oxygen atoms in total. The van der Waals surface area contributed by atoms with Gasteiger partial charge in [0.1, 0.15) is 0 Å². The van der Waals surface area contributed by atoms with Crippen molar-refractivity contribution in [2.75, 3.05) is 18.0 Å². The molecule has 0 spiro atoms. The molecule has 0 unspecified atom stereocenters. The maximum atomic E-state index is 5.72. The maximum Gasteiger partial charge on any atom is 0.155 e. The van der Waals surface area contributed by atoms with Crippen molar-refractivity contribution in [2.24, 2.45) is 11.1 Å². The average Bonchev–Trinajstić information content (AvgIpc) is 2.29. The van der Waals surface area contributed by atoms with Crippen LogP contribution in [0, 0.1) is 5.41 Å². The standard InChI is InChI=1S/C12H20N4/c1-12(2)4-7-16(8-5-12)11-10(9-13)3-6-14-15-11/h3,6H,4-5,7-9,13H2,1-2H3. The van der Waals surface area contributed by atoms with Crippen LogP contribution in [0.15, 0.2) is 12.3 Å². The van der Waals surface area contributed by atoms with Crippen molar-refractivity contribution < 1.29 is 0 Å². The summed E-state index contributed by atoms with van der Waals surface area (Å²) in [6.45, 7) is 7.29. The number of rotatable bonds is 2. The fraction of sp³-hybridized carbons (Fsp3) is 0.667. The molecule has 2 rings (SSSR count). The van der Waals surface area contributed by atoms with Crippen molar-refractivity contribution in [1.29, 1.82) is 0 Å². The van der Waals surface area contributed by atoms with E-state index in [4.69, 9.17) is 5.73 Å². The molecule has 0 saturated carbocycles. The molecule has 1 aliphatic rings. The summed E-state index contributed by atoms with van der Waals surface area (Å²) in [6, 6.07) is 1.96. The van der Waals surface area contributed by atoms with Gasteiger partial charge in [-0.05, 0) is 24.3 Å². The second-order valence-corrected chi connectivity index (χ2v) is 5.24. The number of nitrogens with two attached hydrogens (primary N) is 1. The SMILES string of the molecule is CC1(C)CCN(c2nnccc2CN)CC1. The van der Waals surface area contributed by atoms with Crippen molar-refractivity contribution in [3.05, 3.63) is 17.8 Å². The van der Waals surface area contributed by atoms with Gasteiger partial charge >= 0.3 is 0 Å². The van der Waals surface area contributed by atoms with E-state index in [-0.39, 0.29) is 0 Å². The van der Waals surface area contributed by atoms with Gasteiger partial charge in [0.2, 0.25) is 0 Å². The highest BCUT2D eigenvalue weighted by Crippen LogP contribution is 2.32. The third-order valence-electron chi connectivity index (χ3n) is 3.42. The number of anilines is 1. The summed E-state index contributed by atoms with van der Waals surface area (Å²) < 4.78 is 0. The number of aromatic nitrogens is 2. The number of hydrogen-bond acceptors (Lipinski definition) is 4. The van der Waals surface area contributed by atoms with Crippen LogP contribution in [0.2, 0.25) is 0 Å². The number of piperidine rings is 1. The monoisotopic (exact) mass is 220 g/mol. The van der Waals surface area contributed by atoms with Gasteiger partial charge in [-0.3, -0.25) is 0 Å². The predicted octanol–water partition coefficient (Wildman–Crippen LogP) is 1.56. The van der Waals surface area contributed by atoms with Gasteiger partial charge in [-0.2, -0.15) is 5.10 Å². The molecule has 1 aliphatic heterocycles. The molecule has 1 aromatic rings. The molecule has 0 bridgehead atoms. The fourth-order valence-corrected chi connectivity index (χ4v) is 2.10. The highest BCUT2D eigenvalue weighted by atomic mass is 15.3. The zero-order valence-corrected chi connectivity index (χ0v) is 10.1. The minimum atomic E-state index is 0.460. The van der Waals surface area contributed by atoms with Gasteiger partial charge in [0, 0.05) is 25.2 Å². The van der Waals surface area contributed by atoms with Crippen LogP contribution in [0.5, 0.6) is 0 Å². The van der Waals surface area contributed by atoms with Crippen LogP contribution in [0.4, 0.5) is 5.82 Å². The Morgan fingerprint density at radius 2 is 2.06 bits per heavy atom. The van der Waals surface area contributed by atoms with Gasteiger partial charge < -0.3 is 10.6 Å². The van der Waals surface area contributed by atoms with Crippen molar-refractivity contribution >= 4 is 5.82 Å². The molecular formula is C12H20N4. The van der Waals surface area contributed by atoms with Gasteiger partial charge in [-0.15, -0.1) is 5.10 Å². The largest absolute Gasteiger partial charge is 0.355 e. The molecule has 4 heteroatoms. The van der Waals surface area contributed by atoms with E-state index in [0.717, 1.165) is 24.5 Å². The Morgan fingerprint density at radius 3 is 2.69 bits per heavy atom. The fourth-order valence-electron chi connectivity index (χ4n) is 2.10. The smallest absolute Gasteiger partial charge is 0.155 e. The quantitative estimate of drug-likeness (QED) is 0.822. The molecule has 16 heavy (non-hydrogen) atoms. The molecule has 0 aromatic carbocycles. The van der Waals surface area contributed by atoms with E-state index in [1.807, 2.05) is 6.07 Å². The van der Waals surface area contributed by atoms with Crippen LogP contribution < -0.4 is 10.6 Å². The van der Waals surface area contributed by atoms with Crippen molar-refractivity contribution in [1.82, 2.24) is 10.2 Å². The van der Waals surface area contributed by atoms with Crippen molar-refractivity contribution in [3.63, 3.8) is 0 Å². The summed E-state index contributed by atoms with van der Waals surface area (Å²) in [5.41, 5.74) is 7.27. The molecule has 2 N–H and O–H groups in total. The van der Waals surface area contributed by atoms with Gasteiger partial charge in [0.15, 0.2) is 5.82 Å². The van der Waals surface area contributed by atoms with Crippen LogP contribution >= 0.6 is 0 Å². The number of nitrogens with zero attached hydrogens (tertiary/aromatic N) is 3. The Kier molecular flexibility index (Phi) is 3.10. The van der Waals surface area contributed by atoms with Gasteiger partial charge in [-0.25, -0.2) is 0 Å². The molecule has 0 atom stereocenters. The normalized spacial score (nSPS) is 19.8. The second kappa shape index (κ2) is 4.37. The van der Waals surface area contributed by atoms with E-state index in [1.54, 1.807) is 6.20 Å². The molecule has 0 amide bonds. The first-order valence-corrected chi connectivity index (χ1v) is 5.88. The van der Waals surface area contributed by atoms with Crippen LogP contribution in [0.25, 0.3) is 0 Å². The zero-order chi connectivity index (χ0) is 11.6. The lowest BCUT2D eigenvalue weighted by atomic mass is 9.82. The lowest BCUT2D eigenvalue weighted by Crippen LogP contribution is -2.38. The molecule has 1 saturated heterocycles. The van der Waals surface area contributed by atoms with E-state index in [1.165, 1.54) is 12.8 Å². The van der Waals surface area contributed by atoms with E-state index in [0.29, 0.717) is 12.0 Å². The Morgan fingerprint density at radius 1 is 1.38 bits per heavy atom. The van der Waals surface area contributed by atoms with Crippen LogP contribution in [-0.2, 0) is 6.54 Å². The van der Waals surface area contributed by atoms with E-state index in [9.17, 15) is 0 Å². The minimum Gasteiger partial charge on any atom is -0.355 e. The summed E-state index contributed by atoms with van der Waals surface area (Å²) in [5, 5.41) is 8.17. The maximum absolute atomic E-state index is 5.72. The van der Waals surface area contributed by atoms with Gasteiger partial charge in [-0.1, -0.05) is 13.8 Å². The highest BCUT2D eigenvalue weighted by molar-refractivity contribution is 5.45. The molecule has 1 fully saturated rings. The van der Waals surface area contributed by atoms with E-state index in [2.05, 4.69) is 28.9 Å².